The van der Waals surface area contributed by atoms with Crippen LogP contribution in [0.1, 0.15) is 5.56 Å². The normalized spacial score (nSPS) is 11.0. The van der Waals surface area contributed by atoms with Crippen molar-refractivity contribution in [3.8, 4) is 0 Å². The molecule has 4 N–H and O–H groups in total. The summed E-state index contributed by atoms with van der Waals surface area (Å²) in [5.41, 5.74) is 3.49. The van der Waals surface area contributed by atoms with Crippen LogP contribution in [0.15, 0.2) is 58.4 Å². The van der Waals surface area contributed by atoms with Crippen LogP contribution in [0.2, 0.25) is 0 Å². The highest BCUT2D eigenvalue weighted by molar-refractivity contribution is 6.45. The Morgan fingerprint density at radius 2 is 1.92 bits per heavy atom. The summed E-state index contributed by atoms with van der Waals surface area (Å²) in [5, 5.41) is 15.2. The molecule has 0 bridgehead atoms. The Kier molecular flexibility index (Phi) is 4.02. The number of aromatic amines is 1. The van der Waals surface area contributed by atoms with Crippen LogP contribution in [-0.2, 0) is 6.54 Å². The van der Waals surface area contributed by atoms with Crippen LogP contribution in [0.3, 0.4) is 0 Å². The van der Waals surface area contributed by atoms with Gasteiger partial charge < -0.3 is 20.6 Å². The van der Waals surface area contributed by atoms with Gasteiger partial charge in [0.05, 0.1) is 17.4 Å². The second-order valence-electron chi connectivity index (χ2n) is 6.00. The number of fused-ring (bicyclic) bond motifs is 1. The number of hydrogen-bond acceptors (Lipinski definition) is 6. The van der Waals surface area contributed by atoms with Crippen LogP contribution < -0.4 is 27.0 Å². The average molecular weight is 346 g/mol. The fourth-order valence-corrected chi connectivity index (χ4v) is 2.86. The second kappa shape index (κ2) is 6.49. The van der Waals surface area contributed by atoms with Crippen molar-refractivity contribution in [1.29, 1.82) is 0 Å². The number of aromatic nitrogens is 2. The molecule has 8 heteroatoms. The minimum absolute atomic E-state index is 0.0452. The molecule has 0 amide bonds. The summed E-state index contributed by atoms with van der Waals surface area (Å²) >= 11 is 0. The van der Waals surface area contributed by atoms with Gasteiger partial charge in [0.25, 0.3) is 10.9 Å². The summed E-state index contributed by atoms with van der Waals surface area (Å²) in [6.45, 7) is 0.381. The topological polar surface area (TPSA) is 107 Å². The number of imidazole rings is 1. The Morgan fingerprint density at radius 1 is 1.08 bits per heavy atom. The van der Waals surface area contributed by atoms with Gasteiger partial charge in [-0.25, -0.2) is 4.98 Å². The first-order valence-electron chi connectivity index (χ1n) is 8.12. The van der Waals surface area contributed by atoms with Gasteiger partial charge in [0.1, 0.15) is 11.4 Å². The molecule has 4 aromatic rings. The van der Waals surface area contributed by atoms with Crippen molar-refractivity contribution in [1.82, 2.24) is 9.97 Å². The molecule has 0 spiro atoms. The van der Waals surface area contributed by atoms with E-state index in [2.05, 4.69) is 20.6 Å². The predicted molar refractivity (Wildman–Crippen MR) is 104 cm³/mol. The Bertz CT molecular complexity index is 1160. The van der Waals surface area contributed by atoms with E-state index in [1.54, 1.807) is 12.4 Å². The van der Waals surface area contributed by atoms with Gasteiger partial charge in [-0.2, -0.15) is 0 Å². The molecule has 0 radical (unpaired) electrons. The molecule has 0 unspecified atom stereocenters. The third-order valence-corrected chi connectivity index (χ3v) is 4.24. The van der Waals surface area contributed by atoms with Gasteiger partial charge in [0.2, 0.25) is 0 Å². The van der Waals surface area contributed by atoms with Crippen molar-refractivity contribution in [2.24, 2.45) is 0 Å². The van der Waals surface area contributed by atoms with Crippen molar-refractivity contribution in [3.05, 3.63) is 74.8 Å². The molecule has 0 atom stereocenters. The Labute approximate surface area is 148 Å². The summed E-state index contributed by atoms with van der Waals surface area (Å²) < 4.78 is 0. The van der Waals surface area contributed by atoms with E-state index in [4.69, 9.17) is 0 Å². The number of benzene rings is 2. The number of anilines is 3. The number of nitrogens with zero attached hydrogens (tertiary/aromatic N) is 1. The smallest absolute Gasteiger partial charge is 0.304 e. The van der Waals surface area contributed by atoms with Crippen molar-refractivity contribution >= 4 is 41.0 Å². The van der Waals surface area contributed by atoms with Crippen LogP contribution in [-0.4, -0.2) is 22.5 Å². The zero-order valence-corrected chi connectivity index (χ0v) is 13.7. The van der Waals surface area contributed by atoms with E-state index < -0.39 is 10.9 Å². The standard InChI is InChI=1S/C18H15BN4O3/c24-17-15(20-8-10-2-1-3-11(6-10)19-26)16(18(17)25)23-12-4-5-13-14(7-12)22-9-21-13/h1-7,9,19-20,23,26H,8H2,(H,21,22). The highest BCUT2D eigenvalue weighted by Gasteiger charge is 2.21. The molecule has 1 heterocycles. The summed E-state index contributed by atoms with van der Waals surface area (Å²) in [6.07, 6.45) is 1.60. The minimum Gasteiger partial charge on any atom is -0.449 e. The monoisotopic (exact) mass is 346 g/mol. The molecule has 0 fully saturated rings. The summed E-state index contributed by atoms with van der Waals surface area (Å²) in [5.74, 6) is 0. The van der Waals surface area contributed by atoms with Crippen molar-refractivity contribution in [2.45, 2.75) is 6.54 Å². The number of H-pyrrole nitrogens is 1. The van der Waals surface area contributed by atoms with Gasteiger partial charge >= 0.3 is 7.48 Å². The third-order valence-electron chi connectivity index (χ3n) is 4.24. The van der Waals surface area contributed by atoms with Crippen LogP contribution in [0.5, 0.6) is 0 Å². The first-order valence-corrected chi connectivity index (χ1v) is 8.12. The molecule has 0 aliphatic heterocycles. The molecule has 0 aliphatic carbocycles. The van der Waals surface area contributed by atoms with Crippen LogP contribution in [0, 0.1) is 0 Å². The lowest BCUT2D eigenvalue weighted by molar-refractivity contribution is 0.615. The van der Waals surface area contributed by atoms with Gasteiger partial charge in [0, 0.05) is 12.2 Å². The van der Waals surface area contributed by atoms with Gasteiger partial charge in [-0.15, -0.1) is 0 Å². The summed E-state index contributed by atoms with van der Waals surface area (Å²) in [4.78, 5) is 31.0. The second-order valence-corrected chi connectivity index (χ2v) is 6.00. The number of rotatable bonds is 6. The molecule has 26 heavy (non-hydrogen) atoms. The number of hydrogen-bond donors (Lipinski definition) is 4. The Balaban J connectivity index is 1.53. The van der Waals surface area contributed by atoms with Crippen LogP contribution in [0.25, 0.3) is 11.0 Å². The maximum atomic E-state index is 11.9. The maximum Gasteiger partial charge on any atom is 0.304 e. The SMILES string of the molecule is O=c1c(NCc2cccc(BO)c2)c(Nc2ccc3[nH]cnc3c2)c1=O. The van der Waals surface area contributed by atoms with Crippen molar-refractivity contribution in [2.75, 3.05) is 10.6 Å². The Morgan fingerprint density at radius 3 is 2.77 bits per heavy atom. The first-order chi connectivity index (χ1) is 12.7. The van der Waals surface area contributed by atoms with E-state index in [1.807, 2.05) is 36.4 Å². The highest BCUT2D eigenvalue weighted by atomic mass is 16.2. The molecule has 128 valence electrons. The lowest BCUT2D eigenvalue weighted by atomic mass is 9.88. The zero-order valence-electron chi connectivity index (χ0n) is 13.7. The summed E-state index contributed by atoms with van der Waals surface area (Å²) in [7, 11) is -0.0452. The van der Waals surface area contributed by atoms with Gasteiger partial charge in [-0.1, -0.05) is 29.7 Å². The molecule has 0 saturated carbocycles. The van der Waals surface area contributed by atoms with Crippen molar-refractivity contribution < 1.29 is 5.02 Å². The fourth-order valence-electron chi connectivity index (χ4n) is 2.86. The lowest BCUT2D eigenvalue weighted by Gasteiger charge is -2.15. The highest BCUT2D eigenvalue weighted by Crippen LogP contribution is 2.23. The van der Waals surface area contributed by atoms with E-state index in [-0.39, 0.29) is 18.9 Å². The molecule has 0 aliphatic rings. The quantitative estimate of drug-likeness (QED) is 0.299. The van der Waals surface area contributed by atoms with Gasteiger partial charge in [-0.3, -0.25) is 9.59 Å². The molecular weight excluding hydrogens is 331 g/mol. The Hall–Kier alpha value is -3.39. The lowest BCUT2D eigenvalue weighted by Crippen LogP contribution is -2.36. The van der Waals surface area contributed by atoms with Crippen molar-refractivity contribution in [3.63, 3.8) is 0 Å². The molecular formula is C18H15BN4O3. The third kappa shape index (κ3) is 2.87. The average Bonchev–Trinajstić information content (AvgIpc) is 3.15. The minimum atomic E-state index is -0.543. The number of nitrogens with one attached hydrogen (secondary N) is 3. The predicted octanol–water partition coefficient (Wildman–Crippen LogP) is 0.484. The van der Waals surface area contributed by atoms with Crippen LogP contribution >= 0.6 is 0 Å². The first kappa shape index (κ1) is 16.1. The summed E-state index contributed by atoms with van der Waals surface area (Å²) in [6, 6.07) is 12.8. The molecule has 3 aromatic carbocycles. The van der Waals surface area contributed by atoms with E-state index >= 15 is 0 Å². The molecule has 7 nitrogen and oxygen atoms in total. The zero-order chi connectivity index (χ0) is 18.1. The largest absolute Gasteiger partial charge is 0.449 e. The van der Waals surface area contributed by atoms with Gasteiger partial charge in [0.15, 0.2) is 0 Å². The molecule has 0 saturated heterocycles. The maximum absolute atomic E-state index is 11.9. The van der Waals surface area contributed by atoms with E-state index in [1.165, 1.54) is 0 Å². The van der Waals surface area contributed by atoms with E-state index in [0.29, 0.717) is 12.2 Å². The van der Waals surface area contributed by atoms with E-state index in [0.717, 1.165) is 22.1 Å². The van der Waals surface area contributed by atoms with Gasteiger partial charge in [-0.05, 0) is 23.8 Å². The molecule has 4 rings (SSSR count). The van der Waals surface area contributed by atoms with Crippen LogP contribution in [0.4, 0.5) is 17.1 Å². The fraction of sp³-hybridized carbons (Fsp3) is 0.0556. The molecule has 1 aromatic heterocycles. The van der Waals surface area contributed by atoms with E-state index in [9.17, 15) is 14.6 Å².